The second kappa shape index (κ2) is 5.74. The predicted octanol–water partition coefficient (Wildman–Crippen LogP) is 1.62. The van der Waals surface area contributed by atoms with E-state index in [9.17, 15) is 4.79 Å². The number of aromatic nitrogens is 1. The Kier molecular flexibility index (Phi) is 3.81. The fourth-order valence-electron chi connectivity index (χ4n) is 1.81. The van der Waals surface area contributed by atoms with E-state index in [-0.39, 0.29) is 12.0 Å². The molecule has 0 bridgehead atoms. The van der Waals surface area contributed by atoms with Crippen LogP contribution in [0.3, 0.4) is 0 Å². The Hall–Kier alpha value is -1.70. The maximum absolute atomic E-state index is 11.8. The van der Waals surface area contributed by atoms with Crippen molar-refractivity contribution in [2.24, 2.45) is 0 Å². The number of thiazole rings is 1. The van der Waals surface area contributed by atoms with Crippen molar-refractivity contribution in [3.8, 4) is 0 Å². The number of nitrogens with two attached hydrogens (primary N) is 1. The fraction of sp³-hybridized carbons (Fsp3) is 0.385. The lowest BCUT2D eigenvalue weighted by Crippen LogP contribution is -2.36. The molecule has 0 saturated carbocycles. The zero-order valence-corrected chi connectivity index (χ0v) is 11.6. The molecule has 1 fully saturated rings. The van der Waals surface area contributed by atoms with Gasteiger partial charge in [-0.25, -0.2) is 4.98 Å². The number of fused-ring (bicyclic) bond motifs is 1. The molecule has 2 heterocycles. The molecule has 6 nitrogen and oxygen atoms in total. The SMILES string of the molecule is Nc1ccc2nc(NC(=O)CCOC3COC3)sc2c1. The number of hydrogen-bond donors (Lipinski definition) is 2. The zero-order chi connectivity index (χ0) is 13.9. The third-order valence-corrected chi connectivity index (χ3v) is 3.88. The Morgan fingerprint density at radius 1 is 1.55 bits per heavy atom. The number of nitrogens with zero attached hydrogens (tertiary/aromatic N) is 1. The Bertz CT molecular complexity index is 624. The largest absolute Gasteiger partial charge is 0.399 e. The normalized spacial score (nSPS) is 15.2. The van der Waals surface area contributed by atoms with Gasteiger partial charge in [0, 0.05) is 5.69 Å². The molecule has 1 saturated heterocycles. The highest BCUT2D eigenvalue weighted by Crippen LogP contribution is 2.27. The van der Waals surface area contributed by atoms with Crippen molar-refractivity contribution in [1.82, 2.24) is 4.98 Å². The minimum atomic E-state index is -0.0998. The highest BCUT2D eigenvalue weighted by Gasteiger charge is 2.19. The van der Waals surface area contributed by atoms with E-state index in [1.165, 1.54) is 11.3 Å². The topological polar surface area (TPSA) is 86.5 Å². The molecule has 7 heteroatoms. The molecule has 3 N–H and O–H groups in total. The van der Waals surface area contributed by atoms with Gasteiger partial charge in [0.15, 0.2) is 5.13 Å². The first-order valence-electron chi connectivity index (χ1n) is 6.36. The van der Waals surface area contributed by atoms with E-state index in [1.54, 1.807) is 6.07 Å². The Labute approximate surface area is 119 Å². The molecule has 0 aliphatic carbocycles. The van der Waals surface area contributed by atoms with Crippen LogP contribution in [-0.4, -0.2) is 36.8 Å². The quantitative estimate of drug-likeness (QED) is 0.818. The predicted molar refractivity (Wildman–Crippen MR) is 77.8 cm³/mol. The van der Waals surface area contributed by atoms with Crippen LogP contribution in [0.5, 0.6) is 0 Å². The van der Waals surface area contributed by atoms with Crippen LogP contribution in [0, 0.1) is 0 Å². The summed E-state index contributed by atoms with van der Waals surface area (Å²) in [6, 6.07) is 5.49. The van der Waals surface area contributed by atoms with Gasteiger partial charge in [-0.15, -0.1) is 0 Å². The van der Waals surface area contributed by atoms with Crippen LogP contribution in [-0.2, 0) is 14.3 Å². The molecule has 106 valence electrons. The number of nitrogen functional groups attached to an aromatic ring is 1. The van der Waals surface area contributed by atoms with Crippen LogP contribution in [0.1, 0.15) is 6.42 Å². The molecular weight excluding hydrogens is 278 g/mol. The van der Waals surface area contributed by atoms with Crippen molar-refractivity contribution < 1.29 is 14.3 Å². The summed E-state index contributed by atoms with van der Waals surface area (Å²) in [5.41, 5.74) is 7.24. The molecule has 3 rings (SSSR count). The molecule has 1 aliphatic rings. The van der Waals surface area contributed by atoms with Crippen LogP contribution in [0.15, 0.2) is 18.2 Å². The summed E-state index contributed by atoms with van der Waals surface area (Å²) in [7, 11) is 0. The fourth-order valence-corrected chi connectivity index (χ4v) is 2.74. The van der Waals surface area contributed by atoms with E-state index in [0.29, 0.717) is 37.1 Å². The van der Waals surface area contributed by atoms with Gasteiger partial charge in [-0.3, -0.25) is 4.79 Å². The highest BCUT2D eigenvalue weighted by atomic mass is 32.1. The van der Waals surface area contributed by atoms with Gasteiger partial charge in [0.05, 0.1) is 36.5 Å². The molecular formula is C13H15N3O3S. The maximum Gasteiger partial charge on any atom is 0.228 e. The van der Waals surface area contributed by atoms with E-state index >= 15 is 0 Å². The number of benzene rings is 1. The first-order valence-corrected chi connectivity index (χ1v) is 7.17. The maximum atomic E-state index is 11.8. The zero-order valence-electron chi connectivity index (χ0n) is 10.8. The lowest BCUT2D eigenvalue weighted by molar-refractivity contribution is -0.135. The number of carbonyl (C=O) groups is 1. The smallest absolute Gasteiger partial charge is 0.228 e. The first-order chi connectivity index (χ1) is 9.70. The van der Waals surface area contributed by atoms with E-state index in [4.69, 9.17) is 15.2 Å². The van der Waals surface area contributed by atoms with Crippen molar-refractivity contribution in [3.63, 3.8) is 0 Å². The summed E-state index contributed by atoms with van der Waals surface area (Å²) in [6.45, 7) is 1.65. The third kappa shape index (κ3) is 3.06. The second-order valence-electron chi connectivity index (χ2n) is 4.57. The van der Waals surface area contributed by atoms with Crippen molar-refractivity contribution >= 4 is 38.3 Å². The van der Waals surface area contributed by atoms with Gasteiger partial charge < -0.3 is 20.5 Å². The average molecular weight is 293 g/mol. The van der Waals surface area contributed by atoms with Gasteiger partial charge in [-0.2, -0.15) is 0 Å². The molecule has 1 aliphatic heterocycles. The van der Waals surface area contributed by atoms with Crippen LogP contribution in [0.4, 0.5) is 10.8 Å². The summed E-state index contributed by atoms with van der Waals surface area (Å²) in [5.74, 6) is -0.0998. The number of rotatable bonds is 5. The van der Waals surface area contributed by atoms with Gasteiger partial charge in [-0.05, 0) is 18.2 Å². The van der Waals surface area contributed by atoms with E-state index in [2.05, 4.69) is 10.3 Å². The van der Waals surface area contributed by atoms with Crippen molar-refractivity contribution in [2.75, 3.05) is 30.9 Å². The molecule has 1 amide bonds. The van der Waals surface area contributed by atoms with E-state index < -0.39 is 0 Å². The van der Waals surface area contributed by atoms with Gasteiger partial charge >= 0.3 is 0 Å². The standard InChI is InChI=1S/C13H15N3O3S/c14-8-1-2-10-11(5-8)20-13(15-10)16-12(17)3-4-19-9-6-18-7-9/h1-2,5,9H,3-4,6-7,14H2,(H,15,16,17). The highest BCUT2D eigenvalue weighted by molar-refractivity contribution is 7.22. The minimum Gasteiger partial charge on any atom is -0.399 e. The lowest BCUT2D eigenvalue weighted by Gasteiger charge is -2.25. The first kappa shape index (κ1) is 13.3. The number of amides is 1. The third-order valence-electron chi connectivity index (χ3n) is 2.95. The molecule has 0 radical (unpaired) electrons. The summed E-state index contributed by atoms with van der Waals surface area (Å²) < 4.78 is 11.4. The second-order valence-corrected chi connectivity index (χ2v) is 5.61. The number of carbonyl (C=O) groups excluding carboxylic acids is 1. The molecule has 0 spiro atoms. The monoisotopic (exact) mass is 293 g/mol. The Morgan fingerprint density at radius 2 is 2.40 bits per heavy atom. The van der Waals surface area contributed by atoms with E-state index in [1.807, 2.05) is 12.1 Å². The van der Waals surface area contributed by atoms with Crippen molar-refractivity contribution in [3.05, 3.63) is 18.2 Å². The molecule has 0 atom stereocenters. The Balaban J connectivity index is 1.53. The number of nitrogens with one attached hydrogen (secondary N) is 1. The molecule has 20 heavy (non-hydrogen) atoms. The summed E-state index contributed by atoms with van der Waals surface area (Å²) >= 11 is 1.41. The molecule has 1 aromatic carbocycles. The number of hydrogen-bond acceptors (Lipinski definition) is 6. The minimum absolute atomic E-state index is 0.0998. The van der Waals surface area contributed by atoms with E-state index in [0.717, 1.165) is 10.2 Å². The van der Waals surface area contributed by atoms with Gasteiger partial charge in [0.25, 0.3) is 0 Å². The Morgan fingerprint density at radius 3 is 3.15 bits per heavy atom. The lowest BCUT2D eigenvalue weighted by atomic mass is 10.3. The summed E-state index contributed by atoms with van der Waals surface area (Å²) in [4.78, 5) is 16.1. The molecule has 1 aromatic heterocycles. The number of ether oxygens (including phenoxy) is 2. The van der Waals surface area contributed by atoms with Crippen LogP contribution in [0.25, 0.3) is 10.2 Å². The summed E-state index contributed by atoms with van der Waals surface area (Å²) in [5, 5.41) is 3.36. The van der Waals surface area contributed by atoms with Gasteiger partial charge in [-0.1, -0.05) is 11.3 Å². The van der Waals surface area contributed by atoms with Gasteiger partial charge in [0.1, 0.15) is 6.10 Å². The van der Waals surface area contributed by atoms with Crippen LogP contribution in [0.2, 0.25) is 0 Å². The van der Waals surface area contributed by atoms with Crippen molar-refractivity contribution in [1.29, 1.82) is 0 Å². The summed E-state index contributed by atoms with van der Waals surface area (Å²) in [6.07, 6.45) is 0.461. The molecule has 2 aromatic rings. The molecule has 0 unspecified atom stereocenters. The van der Waals surface area contributed by atoms with Crippen molar-refractivity contribution in [2.45, 2.75) is 12.5 Å². The van der Waals surface area contributed by atoms with Gasteiger partial charge in [0.2, 0.25) is 5.91 Å². The van der Waals surface area contributed by atoms with Crippen LogP contribution < -0.4 is 11.1 Å². The number of anilines is 2. The van der Waals surface area contributed by atoms with Crippen LogP contribution >= 0.6 is 11.3 Å². The average Bonchev–Trinajstić information content (AvgIpc) is 2.73.